The molecule has 0 bridgehead atoms. The van der Waals surface area contributed by atoms with Crippen LogP contribution in [0.1, 0.15) is 61.6 Å². The summed E-state index contributed by atoms with van der Waals surface area (Å²) in [5.41, 5.74) is -0.0972. The topological polar surface area (TPSA) is 125 Å². The second kappa shape index (κ2) is 13.3. The van der Waals surface area contributed by atoms with E-state index in [1.807, 2.05) is 13.0 Å². The van der Waals surface area contributed by atoms with Gasteiger partial charge in [0.15, 0.2) is 5.75 Å². The first kappa shape index (κ1) is 34.7. The van der Waals surface area contributed by atoms with Gasteiger partial charge in [0, 0.05) is 42.1 Å². The monoisotopic (exact) mass is 663 g/mol. The zero-order valence-electron chi connectivity index (χ0n) is 26.4. The number of allylic oxidation sites excluding steroid dienone is 3. The van der Waals surface area contributed by atoms with Crippen molar-refractivity contribution in [1.82, 2.24) is 25.3 Å². The number of H-pyrrole nitrogens is 1. The number of carbonyl (C=O) groups is 3. The van der Waals surface area contributed by atoms with Crippen LogP contribution in [0.2, 0.25) is 0 Å². The molecule has 2 unspecified atom stereocenters. The minimum atomic E-state index is -4.83. The molecule has 46 heavy (non-hydrogen) atoms. The number of nitrogens with one attached hydrogen (secondary N) is 2. The second-order valence-corrected chi connectivity index (χ2v) is 12.6. The summed E-state index contributed by atoms with van der Waals surface area (Å²) in [7, 11) is 1.07. The number of likely N-dealkylation sites (tertiary alicyclic amines) is 1. The Morgan fingerprint density at radius 3 is 2.50 bits per heavy atom. The van der Waals surface area contributed by atoms with Crippen LogP contribution < -0.4 is 15.6 Å². The Morgan fingerprint density at radius 1 is 1.20 bits per heavy atom. The standard InChI is InChI=1S/C32H37ClF3N5O5/c1-17-14-21(9-11-24(17)46-25-15-18(2)38-39-29(25)44)28(43)37-19(3)30(45)41-23(27(32(34,35)36)40(6)20(4)42)10-12-26(41)31(5)13-7-8-22(33)16-31/h7-9,11,14-16,19,23,26-27H,10,12-13H2,1-6H3,(H,37,43)(H,39,44)/t19-,23-,26+,27?,31?/m1/s1. The molecular weight excluding hydrogens is 627 g/mol. The highest BCUT2D eigenvalue weighted by Gasteiger charge is 2.57. The van der Waals surface area contributed by atoms with E-state index in [4.69, 9.17) is 16.3 Å². The van der Waals surface area contributed by atoms with Gasteiger partial charge >= 0.3 is 11.7 Å². The zero-order chi connectivity index (χ0) is 34.1. The summed E-state index contributed by atoms with van der Waals surface area (Å²) in [4.78, 5) is 53.5. The van der Waals surface area contributed by atoms with Crippen molar-refractivity contribution in [2.45, 2.75) is 84.2 Å². The number of ether oxygens (including phenoxy) is 1. The molecule has 0 spiro atoms. The number of carbonyl (C=O) groups excluding carboxylic acids is 3. The lowest BCUT2D eigenvalue weighted by molar-refractivity contribution is -0.200. The summed E-state index contributed by atoms with van der Waals surface area (Å²) in [5, 5.41) is 9.17. The quantitative estimate of drug-likeness (QED) is 0.402. The first-order valence-corrected chi connectivity index (χ1v) is 15.1. The molecule has 2 aliphatic rings. The van der Waals surface area contributed by atoms with Gasteiger partial charge in [0.1, 0.15) is 17.8 Å². The summed E-state index contributed by atoms with van der Waals surface area (Å²) in [6, 6.07) is 0.372. The van der Waals surface area contributed by atoms with Crippen LogP contribution in [-0.4, -0.2) is 75.1 Å². The number of rotatable bonds is 8. The van der Waals surface area contributed by atoms with Crippen molar-refractivity contribution in [3.05, 3.63) is 74.7 Å². The average molecular weight is 664 g/mol. The molecule has 0 saturated carbocycles. The smallest absolute Gasteiger partial charge is 0.410 e. The number of likely N-dealkylation sites (N-methyl/N-ethyl adjacent to an activating group) is 1. The Kier molecular flexibility index (Phi) is 10.0. The summed E-state index contributed by atoms with van der Waals surface area (Å²) in [6.07, 6.45) is 1.09. The minimum absolute atomic E-state index is 0.00980. The molecule has 1 aromatic carbocycles. The maximum absolute atomic E-state index is 14.6. The SMILES string of the molecule is CC(=O)N(C)C([C@H]1CC[C@@H](C2(C)C=C(Cl)C=CC2)N1C(=O)[C@@H](C)NC(=O)c1ccc(Oc2cc(C)n[nH]c2=O)c(C)c1)C(F)(F)F. The molecule has 1 aliphatic heterocycles. The van der Waals surface area contributed by atoms with Crippen molar-refractivity contribution in [3.8, 4) is 11.5 Å². The molecule has 2 heterocycles. The van der Waals surface area contributed by atoms with Crippen molar-refractivity contribution in [2.24, 2.45) is 5.41 Å². The van der Waals surface area contributed by atoms with Gasteiger partial charge in [-0.15, -0.1) is 0 Å². The maximum atomic E-state index is 14.6. The number of benzene rings is 1. The Morgan fingerprint density at radius 2 is 1.89 bits per heavy atom. The van der Waals surface area contributed by atoms with Crippen molar-refractivity contribution in [2.75, 3.05) is 7.05 Å². The van der Waals surface area contributed by atoms with E-state index in [0.717, 1.165) is 14.0 Å². The normalized spacial score (nSPS) is 22.6. The number of aromatic amines is 1. The summed E-state index contributed by atoms with van der Waals surface area (Å²) < 4.78 is 49.4. The number of aromatic nitrogens is 2. The van der Waals surface area contributed by atoms with Crippen LogP contribution in [0.3, 0.4) is 0 Å². The lowest BCUT2D eigenvalue weighted by Gasteiger charge is -2.45. The van der Waals surface area contributed by atoms with E-state index in [1.165, 1.54) is 36.1 Å². The molecule has 0 radical (unpaired) electrons. The van der Waals surface area contributed by atoms with Crippen LogP contribution in [0, 0.1) is 19.3 Å². The molecule has 5 atom stereocenters. The first-order chi connectivity index (χ1) is 21.4. The minimum Gasteiger partial charge on any atom is -0.451 e. The number of nitrogens with zero attached hydrogens (tertiary/aromatic N) is 3. The van der Waals surface area contributed by atoms with Gasteiger partial charge in [0.2, 0.25) is 11.8 Å². The van der Waals surface area contributed by atoms with E-state index < -0.39 is 59.0 Å². The Labute approximate surface area is 269 Å². The average Bonchev–Trinajstić information content (AvgIpc) is 3.39. The highest BCUT2D eigenvalue weighted by molar-refractivity contribution is 6.31. The van der Waals surface area contributed by atoms with Gasteiger partial charge in [-0.1, -0.05) is 30.7 Å². The van der Waals surface area contributed by atoms with Gasteiger partial charge < -0.3 is 19.9 Å². The molecule has 1 aromatic heterocycles. The first-order valence-electron chi connectivity index (χ1n) is 14.8. The van der Waals surface area contributed by atoms with Gasteiger partial charge in [-0.3, -0.25) is 19.2 Å². The van der Waals surface area contributed by atoms with Crippen molar-refractivity contribution >= 4 is 29.3 Å². The fourth-order valence-electron chi connectivity index (χ4n) is 6.23. The van der Waals surface area contributed by atoms with E-state index in [1.54, 1.807) is 26.0 Å². The summed E-state index contributed by atoms with van der Waals surface area (Å²) in [6.45, 7) is 7.65. The fourth-order valence-corrected chi connectivity index (χ4v) is 6.57. The van der Waals surface area contributed by atoms with Gasteiger partial charge in [0.05, 0.1) is 11.7 Å². The number of hydrogen-bond donors (Lipinski definition) is 2. The molecule has 1 aliphatic carbocycles. The predicted octanol–water partition coefficient (Wildman–Crippen LogP) is 5.16. The van der Waals surface area contributed by atoms with E-state index in [0.29, 0.717) is 33.4 Å². The van der Waals surface area contributed by atoms with Crippen LogP contribution in [0.15, 0.2) is 52.3 Å². The molecule has 10 nitrogen and oxygen atoms in total. The number of amides is 3. The van der Waals surface area contributed by atoms with Crippen LogP contribution in [0.5, 0.6) is 11.5 Å². The number of alkyl halides is 3. The Balaban J connectivity index is 1.61. The molecule has 2 aromatic rings. The highest BCUT2D eigenvalue weighted by Crippen LogP contribution is 2.46. The summed E-state index contributed by atoms with van der Waals surface area (Å²) in [5.74, 6) is -1.80. The van der Waals surface area contributed by atoms with E-state index in [-0.39, 0.29) is 24.2 Å². The maximum Gasteiger partial charge on any atom is 0.410 e. The van der Waals surface area contributed by atoms with Crippen molar-refractivity contribution < 1.29 is 32.3 Å². The molecule has 2 N–H and O–H groups in total. The predicted molar refractivity (Wildman–Crippen MR) is 166 cm³/mol. The zero-order valence-corrected chi connectivity index (χ0v) is 27.1. The van der Waals surface area contributed by atoms with Crippen molar-refractivity contribution in [3.63, 3.8) is 0 Å². The third-order valence-electron chi connectivity index (χ3n) is 8.63. The number of hydrogen-bond acceptors (Lipinski definition) is 6. The van der Waals surface area contributed by atoms with Gasteiger partial charge in [-0.2, -0.15) is 18.3 Å². The second-order valence-electron chi connectivity index (χ2n) is 12.1. The number of aryl methyl sites for hydroxylation is 2. The van der Waals surface area contributed by atoms with Crippen LogP contribution >= 0.6 is 11.6 Å². The third kappa shape index (κ3) is 7.30. The van der Waals surface area contributed by atoms with Gasteiger partial charge in [-0.05, 0) is 69.9 Å². The molecule has 3 amide bonds. The highest BCUT2D eigenvalue weighted by atomic mass is 35.5. The molecule has 248 valence electrons. The van der Waals surface area contributed by atoms with Crippen LogP contribution in [0.4, 0.5) is 13.2 Å². The largest absolute Gasteiger partial charge is 0.451 e. The molecule has 4 rings (SSSR count). The van der Waals surface area contributed by atoms with E-state index in [2.05, 4.69) is 15.5 Å². The van der Waals surface area contributed by atoms with E-state index in [9.17, 15) is 32.3 Å². The third-order valence-corrected chi connectivity index (χ3v) is 8.87. The summed E-state index contributed by atoms with van der Waals surface area (Å²) >= 11 is 6.31. The van der Waals surface area contributed by atoms with E-state index >= 15 is 0 Å². The van der Waals surface area contributed by atoms with Crippen LogP contribution in [0.25, 0.3) is 0 Å². The van der Waals surface area contributed by atoms with Crippen LogP contribution in [-0.2, 0) is 9.59 Å². The number of halogens is 4. The molecule has 1 saturated heterocycles. The Hall–Kier alpha value is -4.13. The van der Waals surface area contributed by atoms with Gasteiger partial charge in [0.25, 0.3) is 5.91 Å². The fraction of sp³-hybridized carbons (Fsp3) is 0.469. The lowest BCUT2D eigenvalue weighted by Crippen LogP contribution is -2.62. The van der Waals surface area contributed by atoms with Gasteiger partial charge in [-0.25, -0.2) is 5.10 Å². The molecular formula is C32H37ClF3N5O5. The molecule has 14 heteroatoms. The Bertz CT molecular complexity index is 1640. The molecule has 1 fully saturated rings. The lowest BCUT2D eigenvalue weighted by atomic mass is 9.75. The van der Waals surface area contributed by atoms with Crippen molar-refractivity contribution in [1.29, 1.82) is 0 Å².